The van der Waals surface area contributed by atoms with Crippen LogP contribution >= 0.6 is 0 Å². The largest absolute Gasteiger partial charge is 0.381 e. The highest BCUT2D eigenvalue weighted by molar-refractivity contribution is 7.89. The average molecular weight is 310 g/mol. The lowest BCUT2D eigenvalue weighted by molar-refractivity contribution is 0.0495. The number of sulfonamides is 1. The molecule has 0 bridgehead atoms. The Kier molecular flexibility index (Phi) is 4.31. The Morgan fingerprint density at radius 3 is 2.90 bits per heavy atom. The lowest BCUT2D eigenvalue weighted by atomic mass is 10.0. The van der Waals surface area contributed by atoms with Crippen molar-refractivity contribution < 1.29 is 13.2 Å². The third kappa shape index (κ3) is 3.13. The molecule has 1 N–H and O–H groups in total. The first-order valence-electron chi connectivity index (χ1n) is 7.44. The van der Waals surface area contributed by atoms with Crippen molar-refractivity contribution in [3.63, 3.8) is 0 Å². The Balaban J connectivity index is 1.75. The summed E-state index contributed by atoms with van der Waals surface area (Å²) < 4.78 is 32.2. The van der Waals surface area contributed by atoms with Crippen LogP contribution in [-0.2, 0) is 27.8 Å². The number of benzene rings is 1. The zero-order valence-electron chi connectivity index (χ0n) is 12.3. The zero-order chi connectivity index (χ0) is 14.9. The molecule has 116 valence electrons. The lowest BCUT2D eigenvalue weighted by Gasteiger charge is -2.26. The van der Waals surface area contributed by atoms with Gasteiger partial charge in [0.25, 0.3) is 0 Å². The van der Waals surface area contributed by atoms with Gasteiger partial charge >= 0.3 is 0 Å². The summed E-state index contributed by atoms with van der Waals surface area (Å²) in [6, 6.07) is 5.44. The van der Waals surface area contributed by atoms with Gasteiger partial charge in [-0.1, -0.05) is 6.07 Å². The van der Waals surface area contributed by atoms with Gasteiger partial charge in [0.2, 0.25) is 10.0 Å². The van der Waals surface area contributed by atoms with Gasteiger partial charge in [0.1, 0.15) is 0 Å². The molecule has 1 aromatic rings. The standard InChI is InChI=1S/C15H22N2O3S/c1-17(10-12-3-2-6-20-11-12)21(18,19)15-5-4-13-8-16-9-14(13)7-15/h4-5,7,12,16H,2-3,6,8-11H2,1H3. The number of rotatable bonds is 4. The van der Waals surface area contributed by atoms with Crippen LogP contribution in [0.4, 0.5) is 0 Å². The summed E-state index contributed by atoms with van der Waals surface area (Å²) >= 11 is 0. The molecule has 6 heteroatoms. The second kappa shape index (κ2) is 6.04. The van der Waals surface area contributed by atoms with E-state index in [9.17, 15) is 8.42 Å². The number of ether oxygens (including phenoxy) is 1. The van der Waals surface area contributed by atoms with Gasteiger partial charge < -0.3 is 10.1 Å². The summed E-state index contributed by atoms with van der Waals surface area (Å²) in [5, 5.41) is 3.24. The van der Waals surface area contributed by atoms with Gasteiger partial charge in [-0.15, -0.1) is 0 Å². The molecule has 1 aromatic carbocycles. The van der Waals surface area contributed by atoms with Gasteiger partial charge in [-0.2, -0.15) is 0 Å². The van der Waals surface area contributed by atoms with E-state index in [1.165, 1.54) is 9.87 Å². The molecule has 1 atom stereocenters. The number of nitrogens with zero attached hydrogens (tertiary/aromatic N) is 1. The van der Waals surface area contributed by atoms with Crippen molar-refractivity contribution >= 4 is 10.0 Å². The van der Waals surface area contributed by atoms with Crippen molar-refractivity contribution in [1.29, 1.82) is 0 Å². The molecular formula is C15H22N2O3S. The molecule has 3 rings (SSSR count). The average Bonchev–Trinajstić information content (AvgIpc) is 2.95. The molecule has 1 unspecified atom stereocenters. The minimum absolute atomic E-state index is 0.301. The molecule has 2 heterocycles. The Bertz CT molecular complexity index is 609. The SMILES string of the molecule is CN(CC1CCCOC1)S(=O)(=O)c1ccc2c(c1)CNC2. The molecule has 0 spiro atoms. The van der Waals surface area contributed by atoms with Crippen LogP contribution in [0.1, 0.15) is 24.0 Å². The first kappa shape index (κ1) is 15.0. The van der Waals surface area contributed by atoms with Crippen LogP contribution in [-0.4, -0.2) is 39.5 Å². The van der Waals surface area contributed by atoms with Crippen molar-refractivity contribution in [2.24, 2.45) is 5.92 Å². The first-order valence-corrected chi connectivity index (χ1v) is 8.88. The van der Waals surface area contributed by atoms with Crippen molar-refractivity contribution in [1.82, 2.24) is 9.62 Å². The molecule has 0 aliphatic carbocycles. The fourth-order valence-corrected chi connectivity index (χ4v) is 4.32. The summed E-state index contributed by atoms with van der Waals surface area (Å²) in [6.07, 6.45) is 2.05. The van der Waals surface area contributed by atoms with Crippen LogP contribution in [0.15, 0.2) is 23.1 Å². The van der Waals surface area contributed by atoms with Crippen LogP contribution in [0, 0.1) is 5.92 Å². The van der Waals surface area contributed by atoms with E-state index in [4.69, 9.17) is 4.74 Å². The minimum Gasteiger partial charge on any atom is -0.381 e. The molecule has 0 amide bonds. The van der Waals surface area contributed by atoms with Crippen molar-refractivity contribution in [2.45, 2.75) is 30.8 Å². The molecule has 0 radical (unpaired) electrons. The summed E-state index contributed by atoms with van der Waals surface area (Å²) in [7, 11) is -1.75. The van der Waals surface area contributed by atoms with Gasteiger partial charge in [-0.25, -0.2) is 12.7 Å². The van der Waals surface area contributed by atoms with E-state index in [1.807, 2.05) is 6.07 Å². The minimum atomic E-state index is -3.41. The first-order chi connectivity index (χ1) is 10.1. The van der Waals surface area contributed by atoms with Crippen molar-refractivity contribution in [3.05, 3.63) is 29.3 Å². The maximum Gasteiger partial charge on any atom is 0.242 e. The van der Waals surface area contributed by atoms with E-state index in [1.54, 1.807) is 19.2 Å². The number of hydrogen-bond acceptors (Lipinski definition) is 4. The quantitative estimate of drug-likeness (QED) is 0.912. The third-order valence-corrected chi connectivity index (χ3v) is 6.11. The Morgan fingerprint density at radius 2 is 2.14 bits per heavy atom. The van der Waals surface area contributed by atoms with Crippen molar-refractivity contribution in [2.75, 3.05) is 26.8 Å². The van der Waals surface area contributed by atoms with Crippen LogP contribution in [0.3, 0.4) is 0 Å². The van der Waals surface area contributed by atoms with E-state index in [-0.39, 0.29) is 0 Å². The van der Waals surface area contributed by atoms with E-state index in [0.29, 0.717) is 24.0 Å². The fourth-order valence-electron chi connectivity index (χ4n) is 3.02. The molecule has 1 saturated heterocycles. The summed E-state index contributed by atoms with van der Waals surface area (Å²) in [5.41, 5.74) is 2.28. The summed E-state index contributed by atoms with van der Waals surface area (Å²) in [6.45, 7) is 3.56. The van der Waals surface area contributed by atoms with Gasteiger partial charge in [-0.05, 0) is 42.0 Å². The Hall–Kier alpha value is -0.950. The van der Waals surface area contributed by atoms with Crippen LogP contribution < -0.4 is 5.32 Å². The highest BCUT2D eigenvalue weighted by Crippen LogP contribution is 2.23. The summed E-state index contributed by atoms with van der Waals surface area (Å²) in [5.74, 6) is 0.301. The van der Waals surface area contributed by atoms with Crippen LogP contribution in [0.25, 0.3) is 0 Å². The van der Waals surface area contributed by atoms with E-state index < -0.39 is 10.0 Å². The highest BCUT2D eigenvalue weighted by Gasteiger charge is 2.26. The predicted octanol–water partition coefficient (Wildman–Crippen LogP) is 1.34. The number of fused-ring (bicyclic) bond motifs is 1. The Labute approximate surface area is 126 Å². The van der Waals surface area contributed by atoms with Crippen LogP contribution in [0.5, 0.6) is 0 Å². The van der Waals surface area contributed by atoms with Gasteiger partial charge in [0.05, 0.1) is 11.5 Å². The van der Waals surface area contributed by atoms with E-state index in [2.05, 4.69) is 5.32 Å². The monoisotopic (exact) mass is 310 g/mol. The second-order valence-corrected chi connectivity index (χ2v) is 7.95. The molecule has 0 aromatic heterocycles. The predicted molar refractivity (Wildman–Crippen MR) is 80.3 cm³/mol. The molecule has 0 saturated carbocycles. The maximum atomic E-state index is 12.7. The number of hydrogen-bond donors (Lipinski definition) is 1. The molecule has 1 fully saturated rings. The second-order valence-electron chi connectivity index (χ2n) is 5.90. The zero-order valence-corrected chi connectivity index (χ0v) is 13.2. The molecule has 21 heavy (non-hydrogen) atoms. The third-order valence-electron chi connectivity index (χ3n) is 4.29. The lowest BCUT2D eigenvalue weighted by Crippen LogP contribution is -2.35. The van der Waals surface area contributed by atoms with Crippen molar-refractivity contribution in [3.8, 4) is 0 Å². The molecule has 2 aliphatic heterocycles. The van der Waals surface area contributed by atoms with E-state index in [0.717, 1.165) is 38.1 Å². The van der Waals surface area contributed by atoms with E-state index >= 15 is 0 Å². The maximum absolute atomic E-state index is 12.7. The van der Waals surface area contributed by atoms with Gasteiger partial charge in [0.15, 0.2) is 0 Å². The van der Waals surface area contributed by atoms with Gasteiger partial charge in [-0.3, -0.25) is 0 Å². The molecule has 2 aliphatic rings. The molecular weight excluding hydrogens is 288 g/mol. The summed E-state index contributed by atoms with van der Waals surface area (Å²) in [4.78, 5) is 0.393. The fraction of sp³-hybridized carbons (Fsp3) is 0.600. The van der Waals surface area contributed by atoms with Crippen LogP contribution in [0.2, 0.25) is 0 Å². The van der Waals surface area contributed by atoms with Gasteiger partial charge in [0, 0.05) is 33.3 Å². The Morgan fingerprint density at radius 1 is 1.33 bits per heavy atom. The topological polar surface area (TPSA) is 58.6 Å². The number of nitrogens with one attached hydrogen (secondary N) is 1. The normalized spacial score (nSPS) is 22.5. The highest BCUT2D eigenvalue weighted by atomic mass is 32.2. The molecule has 5 nitrogen and oxygen atoms in total. The smallest absolute Gasteiger partial charge is 0.242 e.